The Morgan fingerprint density at radius 2 is 1.96 bits per heavy atom. The molecule has 0 amide bonds. The summed E-state index contributed by atoms with van der Waals surface area (Å²) in [6.45, 7) is 14.3. The second-order valence-electron chi connectivity index (χ2n) is 6.24. The second kappa shape index (κ2) is 14.0. The minimum Gasteiger partial charge on any atom is -0.497 e. The van der Waals surface area contributed by atoms with Crippen molar-refractivity contribution >= 4 is 36.1 Å². The third-order valence-electron chi connectivity index (χ3n) is 4.22. The van der Waals surface area contributed by atoms with Gasteiger partial charge in [-0.1, -0.05) is 58.9 Å². The van der Waals surface area contributed by atoms with Gasteiger partial charge in [-0.2, -0.15) is 0 Å². The molecule has 0 radical (unpaired) electrons. The van der Waals surface area contributed by atoms with Gasteiger partial charge in [0.2, 0.25) is 0 Å². The Bertz CT molecular complexity index is 736. The van der Waals surface area contributed by atoms with Crippen LogP contribution in [0.3, 0.4) is 0 Å². The largest absolute Gasteiger partial charge is 0.497 e. The maximum atomic E-state index is 5.39. The standard InChI is InChI=1S/C21H27IN2OS.C2H6/c1-5-8-17-9-7-10-18(12-17)21-13-19(15-24(26-22)11-6-2)20(14-23-21)16(3)25-4;1-2/h7,9-10,12-14H,3,5-6,8,11,15H2,1-2,4H3;1-2H3. The van der Waals surface area contributed by atoms with E-state index < -0.39 is 0 Å². The maximum absolute atomic E-state index is 5.39. The van der Waals surface area contributed by atoms with E-state index in [1.165, 1.54) is 11.1 Å². The molecule has 0 saturated heterocycles. The van der Waals surface area contributed by atoms with E-state index in [1.807, 2.05) is 20.0 Å². The molecule has 1 aromatic carbocycles. The number of nitrogens with zero attached hydrogens (tertiary/aromatic N) is 2. The molecular weight excluding hydrogens is 479 g/mol. The molecule has 0 fully saturated rings. The molecule has 1 heterocycles. The van der Waals surface area contributed by atoms with Crippen molar-refractivity contribution in [2.45, 2.75) is 53.5 Å². The van der Waals surface area contributed by atoms with Crippen molar-refractivity contribution in [2.24, 2.45) is 0 Å². The number of ether oxygens (including phenoxy) is 1. The molecule has 0 saturated carbocycles. The van der Waals surface area contributed by atoms with E-state index in [9.17, 15) is 0 Å². The van der Waals surface area contributed by atoms with Crippen molar-refractivity contribution in [3.8, 4) is 11.3 Å². The Balaban J connectivity index is 0.00000190. The summed E-state index contributed by atoms with van der Waals surface area (Å²) < 4.78 is 7.73. The van der Waals surface area contributed by atoms with Crippen LogP contribution in [0.25, 0.3) is 17.0 Å². The summed E-state index contributed by atoms with van der Waals surface area (Å²) in [4.78, 5) is 4.69. The van der Waals surface area contributed by atoms with Crippen molar-refractivity contribution < 1.29 is 4.74 Å². The van der Waals surface area contributed by atoms with Crippen LogP contribution in [0, 0.1) is 0 Å². The predicted molar refractivity (Wildman–Crippen MR) is 133 cm³/mol. The highest BCUT2D eigenvalue weighted by Crippen LogP contribution is 2.29. The van der Waals surface area contributed by atoms with E-state index in [0.29, 0.717) is 5.76 Å². The van der Waals surface area contributed by atoms with E-state index in [2.05, 4.69) is 76.3 Å². The van der Waals surface area contributed by atoms with Gasteiger partial charge >= 0.3 is 0 Å². The van der Waals surface area contributed by atoms with Gasteiger partial charge in [-0.05, 0) is 45.2 Å². The molecule has 2 aromatic rings. The lowest BCUT2D eigenvalue weighted by atomic mass is 10.0. The first kappa shape index (κ1) is 25.0. The SMILES string of the molecule is C=C(OC)c1cnc(-c2cccc(CCC)c2)cc1CN(CCC)SI.CC. The summed E-state index contributed by atoms with van der Waals surface area (Å²) >= 11 is 2.34. The Labute approximate surface area is 187 Å². The molecule has 5 heteroatoms. The molecule has 0 aliphatic heterocycles. The van der Waals surface area contributed by atoms with Crippen molar-refractivity contribution in [3.05, 3.63) is 59.8 Å². The average molecular weight is 513 g/mol. The minimum absolute atomic E-state index is 0.661. The minimum atomic E-state index is 0.661. The first-order valence-corrected chi connectivity index (χ1v) is 13.3. The lowest BCUT2D eigenvalue weighted by Gasteiger charge is -2.20. The van der Waals surface area contributed by atoms with Crippen LogP contribution >= 0.6 is 30.3 Å². The summed E-state index contributed by atoms with van der Waals surface area (Å²) in [7, 11) is 3.40. The van der Waals surface area contributed by atoms with Gasteiger partial charge in [-0.15, -0.1) is 0 Å². The van der Waals surface area contributed by atoms with Crippen LogP contribution < -0.4 is 0 Å². The highest BCUT2D eigenvalue weighted by Gasteiger charge is 2.14. The van der Waals surface area contributed by atoms with Gasteiger partial charge in [0.1, 0.15) is 5.76 Å². The first-order valence-electron chi connectivity index (χ1n) is 9.98. The van der Waals surface area contributed by atoms with Crippen molar-refractivity contribution in [1.82, 2.24) is 9.29 Å². The quantitative estimate of drug-likeness (QED) is 0.186. The van der Waals surface area contributed by atoms with Crippen LogP contribution in [0.5, 0.6) is 0 Å². The van der Waals surface area contributed by atoms with Gasteiger partial charge in [0.05, 0.1) is 12.8 Å². The molecule has 0 aliphatic carbocycles. The van der Waals surface area contributed by atoms with Gasteiger partial charge in [0.25, 0.3) is 0 Å². The zero-order valence-electron chi connectivity index (χ0n) is 17.8. The van der Waals surface area contributed by atoms with Gasteiger partial charge in [-0.25, -0.2) is 4.31 Å². The highest BCUT2D eigenvalue weighted by molar-refractivity contribution is 14.2. The molecule has 0 spiro atoms. The summed E-state index contributed by atoms with van der Waals surface area (Å²) in [5.41, 5.74) is 5.69. The Kier molecular flexibility index (Phi) is 12.5. The van der Waals surface area contributed by atoms with Crippen LogP contribution in [0.15, 0.2) is 43.1 Å². The molecular formula is C23H33IN2OS. The Hall–Kier alpha value is -1.05. The monoisotopic (exact) mass is 512 g/mol. The maximum Gasteiger partial charge on any atom is 0.120 e. The summed E-state index contributed by atoms with van der Waals surface area (Å²) in [5.74, 6) is 0.661. The molecule has 3 nitrogen and oxygen atoms in total. The lowest BCUT2D eigenvalue weighted by Crippen LogP contribution is -2.16. The number of methoxy groups -OCH3 is 1. The highest BCUT2D eigenvalue weighted by atomic mass is 127. The molecule has 0 N–H and O–H groups in total. The fourth-order valence-corrected chi connectivity index (χ4v) is 4.35. The molecule has 0 atom stereocenters. The van der Waals surface area contributed by atoms with Gasteiger partial charge in [0.15, 0.2) is 0 Å². The van der Waals surface area contributed by atoms with Crippen LogP contribution in [0.4, 0.5) is 0 Å². The van der Waals surface area contributed by atoms with Gasteiger partial charge < -0.3 is 4.74 Å². The Morgan fingerprint density at radius 3 is 2.57 bits per heavy atom. The molecule has 154 valence electrons. The van der Waals surface area contributed by atoms with E-state index in [-0.39, 0.29) is 0 Å². The zero-order valence-corrected chi connectivity index (χ0v) is 20.8. The topological polar surface area (TPSA) is 25.4 Å². The number of hydrogen-bond acceptors (Lipinski definition) is 4. The fraction of sp³-hybridized carbons (Fsp3) is 0.435. The van der Waals surface area contributed by atoms with Crippen LogP contribution in [0.2, 0.25) is 0 Å². The second-order valence-corrected chi connectivity index (χ2v) is 8.07. The summed E-state index contributed by atoms with van der Waals surface area (Å²) in [5, 5.41) is 0. The molecule has 28 heavy (non-hydrogen) atoms. The number of pyridine rings is 1. The van der Waals surface area contributed by atoms with E-state index in [4.69, 9.17) is 9.72 Å². The fourth-order valence-electron chi connectivity index (χ4n) is 2.90. The zero-order chi connectivity index (χ0) is 20.9. The van der Waals surface area contributed by atoms with Crippen LogP contribution in [0.1, 0.15) is 57.2 Å². The number of rotatable bonds is 10. The average Bonchev–Trinajstić information content (AvgIpc) is 2.74. The van der Waals surface area contributed by atoms with Crippen LogP contribution in [-0.4, -0.2) is 22.9 Å². The van der Waals surface area contributed by atoms with Crippen molar-refractivity contribution in [2.75, 3.05) is 13.7 Å². The lowest BCUT2D eigenvalue weighted by molar-refractivity contribution is 0.369. The van der Waals surface area contributed by atoms with Crippen molar-refractivity contribution in [1.29, 1.82) is 0 Å². The summed E-state index contributed by atoms with van der Waals surface area (Å²) in [6.07, 6.45) is 5.25. The van der Waals surface area contributed by atoms with Crippen molar-refractivity contribution in [3.63, 3.8) is 0 Å². The number of benzene rings is 1. The van der Waals surface area contributed by atoms with E-state index in [0.717, 1.165) is 49.2 Å². The smallest absolute Gasteiger partial charge is 0.120 e. The number of aryl methyl sites for hydroxylation is 1. The molecule has 1 aromatic heterocycles. The van der Waals surface area contributed by atoms with Gasteiger partial charge in [-0.3, -0.25) is 4.98 Å². The molecule has 0 unspecified atom stereocenters. The number of hydrogen-bond donors (Lipinski definition) is 0. The Morgan fingerprint density at radius 1 is 1.21 bits per heavy atom. The third-order valence-corrected chi connectivity index (χ3v) is 6.39. The van der Waals surface area contributed by atoms with E-state index >= 15 is 0 Å². The van der Waals surface area contributed by atoms with Crippen LogP contribution in [-0.2, 0) is 17.7 Å². The number of aromatic nitrogens is 1. The molecule has 2 rings (SSSR count). The predicted octanol–water partition coefficient (Wildman–Crippen LogP) is 7.55. The third kappa shape index (κ3) is 7.41. The first-order chi connectivity index (χ1) is 13.6. The summed E-state index contributed by atoms with van der Waals surface area (Å²) in [6, 6.07) is 10.9. The molecule has 0 aliphatic rings. The molecule has 0 bridgehead atoms. The normalized spacial score (nSPS) is 10.4. The van der Waals surface area contributed by atoms with Gasteiger partial charge in [0, 0.05) is 51.6 Å². The van der Waals surface area contributed by atoms with E-state index in [1.54, 1.807) is 16.2 Å². The number of halogens is 1.